The van der Waals surface area contributed by atoms with Crippen LogP contribution >= 0.6 is 0 Å². The van der Waals surface area contributed by atoms with Gasteiger partial charge < -0.3 is 10.6 Å². The number of hydrogen-bond acceptors (Lipinski definition) is 4. The molecule has 0 spiro atoms. The lowest BCUT2D eigenvalue weighted by atomic mass is 10.1. The van der Waals surface area contributed by atoms with E-state index in [2.05, 4.69) is 34.4 Å². The van der Waals surface area contributed by atoms with Crippen LogP contribution in [0, 0.1) is 6.92 Å². The van der Waals surface area contributed by atoms with Crippen LogP contribution in [0.15, 0.2) is 12.3 Å². The van der Waals surface area contributed by atoms with Crippen molar-refractivity contribution < 1.29 is 0 Å². The normalized spacial score (nSPS) is 11.4. The van der Waals surface area contributed by atoms with Crippen LogP contribution < -0.4 is 10.6 Å². The highest BCUT2D eigenvalue weighted by atomic mass is 15.1. The van der Waals surface area contributed by atoms with Crippen LogP contribution in [0.2, 0.25) is 0 Å². The van der Waals surface area contributed by atoms with E-state index in [4.69, 9.17) is 0 Å². The third-order valence-electron chi connectivity index (χ3n) is 2.16. The average molecular weight is 194 g/mol. The predicted molar refractivity (Wildman–Crippen MR) is 58.4 cm³/mol. The molecular formula is C10H18N4. The highest BCUT2D eigenvalue weighted by molar-refractivity contribution is 5.25. The van der Waals surface area contributed by atoms with E-state index in [0.717, 1.165) is 12.2 Å². The minimum Gasteiger partial charge on any atom is -0.352 e. The molecule has 0 saturated carbocycles. The van der Waals surface area contributed by atoms with Crippen molar-refractivity contribution >= 4 is 5.95 Å². The second-order valence-corrected chi connectivity index (χ2v) is 4.01. The lowest BCUT2D eigenvalue weighted by Gasteiger charge is -2.24. The van der Waals surface area contributed by atoms with Crippen molar-refractivity contribution in [2.45, 2.75) is 26.3 Å². The standard InChI is InChI=1S/C10H18N4/c1-8-5-6-12-9(14-8)13-7-10(2,3)11-4/h5-6,11H,7H2,1-4H3,(H,12,13,14). The fraction of sp³-hybridized carbons (Fsp3) is 0.600. The number of aromatic nitrogens is 2. The fourth-order valence-electron chi connectivity index (χ4n) is 0.923. The fourth-order valence-corrected chi connectivity index (χ4v) is 0.923. The van der Waals surface area contributed by atoms with E-state index in [-0.39, 0.29) is 5.54 Å². The molecule has 0 radical (unpaired) electrons. The summed E-state index contributed by atoms with van der Waals surface area (Å²) >= 11 is 0. The Hall–Kier alpha value is -1.16. The van der Waals surface area contributed by atoms with E-state index >= 15 is 0 Å². The number of nitrogens with one attached hydrogen (secondary N) is 2. The topological polar surface area (TPSA) is 49.8 Å². The Bertz CT molecular complexity index is 296. The molecule has 0 aliphatic rings. The molecule has 0 aliphatic heterocycles. The summed E-state index contributed by atoms with van der Waals surface area (Å²) < 4.78 is 0. The number of aryl methyl sites for hydroxylation is 1. The van der Waals surface area contributed by atoms with Gasteiger partial charge in [-0.25, -0.2) is 9.97 Å². The first kappa shape index (κ1) is 10.9. The summed E-state index contributed by atoms with van der Waals surface area (Å²) in [7, 11) is 1.94. The zero-order chi connectivity index (χ0) is 10.6. The van der Waals surface area contributed by atoms with Gasteiger partial charge in [-0.05, 0) is 33.9 Å². The van der Waals surface area contributed by atoms with E-state index < -0.39 is 0 Å². The first-order valence-electron chi connectivity index (χ1n) is 4.76. The molecular weight excluding hydrogens is 176 g/mol. The summed E-state index contributed by atoms with van der Waals surface area (Å²) in [6, 6.07) is 1.88. The third-order valence-corrected chi connectivity index (χ3v) is 2.16. The second-order valence-electron chi connectivity index (χ2n) is 4.01. The molecule has 0 bridgehead atoms. The summed E-state index contributed by atoms with van der Waals surface area (Å²) in [5.74, 6) is 0.688. The van der Waals surface area contributed by atoms with Crippen molar-refractivity contribution in [2.24, 2.45) is 0 Å². The number of likely N-dealkylation sites (N-methyl/N-ethyl adjacent to an activating group) is 1. The van der Waals surface area contributed by atoms with Gasteiger partial charge in [-0.2, -0.15) is 0 Å². The zero-order valence-electron chi connectivity index (χ0n) is 9.26. The molecule has 4 heteroatoms. The Labute approximate surface area is 85.2 Å². The van der Waals surface area contributed by atoms with Crippen molar-refractivity contribution in [1.82, 2.24) is 15.3 Å². The Morgan fingerprint density at radius 2 is 2.14 bits per heavy atom. The number of anilines is 1. The molecule has 0 aliphatic carbocycles. The molecule has 1 aromatic heterocycles. The number of rotatable bonds is 4. The summed E-state index contributed by atoms with van der Waals surface area (Å²) in [5, 5.41) is 6.40. The summed E-state index contributed by atoms with van der Waals surface area (Å²) in [4.78, 5) is 8.39. The predicted octanol–water partition coefficient (Wildman–Crippen LogP) is 1.19. The van der Waals surface area contributed by atoms with Crippen LogP contribution in [-0.4, -0.2) is 29.1 Å². The lowest BCUT2D eigenvalue weighted by molar-refractivity contribution is 0.447. The van der Waals surface area contributed by atoms with Crippen molar-refractivity contribution in [3.05, 3.63) is 18.0 Å². The van der Waals surface area contributed by atoms with Gasteiger partial charge in [-0.15, -0.1) is 0 Å². The average Bonchev–Trinajstić information content (AvgIpc) is 2.15. The van der Waals surface area contributed by atoms with E-state index in [1.54, 1.807) is 6.20 Å². The lowest BCUT2D eigenvalue weighted by Crippen LogP contribution is -2.43. The van der Waals surface area contributed by atoms with Crippen LogP contribution in [0.25, 0.3) is 0 Å². The molecule has 1 aromatic rings. The first-order valence-corrected chi connectivity index (χ1v) is 4.76. The van der Waals surface area contributed by atoms with Gasteiger partial charge in [0.2, 0.25) is 5.95 Å². The first-order chi connectivity index (χ1) is 6.53. The van der Waals surface area contributed by atoms with Crippen molar-refractivity contribution in [1.29, 1.82) is 0 Å². The number of hydrogen-bond donors (Lipinski definition) is 2. The molecule has 1 heterocycles. The van der Waals surface area contributed by atoms with Crippen LogP contribution in [0.5, 0.6) is 0 Å². The molecule has 0 saturated heterocycles. The molecule has 1 rings (SSSR count). The van der Waals surface area contributed by atoms with Crippen LogP contribution in [-0.2, 0) is 0 Å². The monoisotopic (exact) mass is 194 g/mol. The van der Waals surface area contributed by atoms with E-state index in [9.17, 15) is 0 Å². The Kier molecular flexibility index (Phi) is 3.41. The Morgan fingerprint density at radius 1 is 1.43 bits per heavy atom. The van der Waals surface area contributed by atoms with Crippen LogP contribution in [0.4, 0.5) is 5.95 Å². The van der Waals surface area contributed by atoms with Crippen molar-refractivity contribution in [3.63, 3.8) is 0 Å². The van der Waals surface area contributed by atoms with Crippen molar-refractivity contribution in [2.75, 3.05) is 18.9 Å². The Morgan fingerprint density at radius 3 is 2.71 bits per heavy atom. The highest BCUT2D eigenvalue weighted by Crippen LogP contribution is 2.04. The molecule has 0 aromatic carbocycles. The molecule has 0 atom stereocenters. The van der Waals surface area contributed by atoms with Crippen LogP contribution in [0.3, 0.4) is 0 Å². The molecule has 4 nitrogen and oxygen atoms in total. The second kappa shape index (κ2) is 4.37. The van der Waals surface area contributed by atoms with Gasteiger partial charge in [0, 0.05) is 24.0 Å². The quantitative estimate of drug-likeness (QED) is 0.756. The molecule has 14 heavy (non-hydrogen) atoms. The van der Waals surface area contributed by atoms with Gasteiger partial charge in [-0.3, -0.25) is 0 Å². The van der Waals surface area contributed by atoms with Gasteiger partial charge in [0.1, 0.15) is 0 Å². The SMILES string of the molecule is CNC(C)(C)CNc1nccc(C)n1. The maximum atomic E-state index is 4.26. The third kappa shape index (κ3) is 3.30. The van der Waals surface area contributed by atoms with Crippen LogP contribution in [0.1, 0.15) is 19.5 Å². The van der Waals surface area contributed by atoms with Gasteiger partial charge in [-0.1, -0.05) is 0 Å². The highest BCUT2D eigenvalue weighted by Gasteiger charge is 2.14. The summed E-state index contributed by atoms with van der Waals surface area (Å²) in [6.07, 6.45) is 1.76. The van der Waals surface area contributed by atoms with Gasteiger partial charge in [0.05, 0.1) is 0 Å². The van der Waals surface area contributed by atoms with Gasteiger partial charge in [0.25, 0.3) is 0 Å². The van der Waals surface area contributed by atoms with Gasteiger partial charge >= 0.3 is 0 Å². The smallest absolute Gasteiger partial charge is 0.222 e. The maximum absolute atomic E-state index is 4.26. The maximum Gasteiger partial charge on any atom is 0.222 e. The van der Waals surface area contributed by atoms with E-state index in [1.165, 1.54) is 0 Å². The largest absolute Gasteiger partial charge is 0.352 e. The van der Waals surface area contributed by atoms with Gasteiger partial charge in [0.15, 0.2) is 0 Å². The summed E-state index contributed by atoms with van der Waals surface area (Å²) in [5.41, 5.74) is 1.03. The minimum atomic E-state index is 0.0487. The number of nitrogens with zero attached hydrogens (tertiary/aromatic N) is 2. The summed E-state index contributed by atoms with van der Waals surface area (Å²) in [6.45, 7) is 6.99. The van der Waals surface area contributed by atoms with Crippen molar-refractivity contribution in [3.8, 4) is 0 Å². The molecule has 0 amide bonds. The van der Waals surface area contributed by atoms with E-state index in [1.807, 2.05) is 20.0 Å². The molecule has 2 N–H and O–H groups in total. The molecule has 78 valence electrons. The molecule has 0 unspecified atom stereocenters. The minimum absolute atomic E-state index is 0.0487. The van der Waals surface area contributed by atoms with E-state index in [0.29, 0.717) is 5.95 Å². The Balaban J connectivity index is 2.54. The zero-order valence-corrected chi connectivity index (χ0v) is 9.26. The molecule has 0 fully saturated rings.